The summed E-state index contributed by atoms with van der Waals surface area (Å²) in [6, 6.07) is 8.45. The van der Waals surface area contributed by atoms with E-state index in [4.69, 9.17) is 0 Å². The molecule has 0 bridgehead atoms. The lowest BCUT2D eigenvalue weighted by Crippen LogP contribution is -2.02. The molecule has 0 unspecified atom stereocenters. The number of thiophene rings is 1. The molecule has 2 aromatic heterocycles. The third kappa shape index (κ3) is 2.24. The van der Waals surface area contributed by atoms with E-state index in [1.807, 2.05) is 14.0 Å². The van der Waals surface area contributed by atoms with Gasteiger partial charge in [-0.25, -0.2) is 9.97 Å². The van der Waals surface area contributed by atoms with Crippen molar-refractivity contribution in [1.82, 2.24) is 9.97 Å². The molecule has 0 aliphatic rings. The van der Waals surface area contributed by atoms with Crippen molar-refractivity contribution in [3.63, 3.8) is 0 Å². The molecule has 0 spiro atoms. The predicted octanol–water partition coefficient (Wildman–Crippen LogP) is 3.79. The van der Waals surface area contributed by atoms with Crippen LogP contribution in [-0.2, 0) is 0 Å². The van der Waals surface area contributed by atoms with Crippen LogP contribution in [0.1, 0.15) is 5.56 Å². The molecule has 0 saturated heterocycles. The van der Waals surface area contributed by atoms with Gasteiger partial charge in [0.1, 0.15) is 18.0 Å². The molecule has 0 aliphatic heterocycles. The van der Waals surface area contributed by atoms with E-state index in [9.17, 15) is 0 Å². The van der Waals surface area contributed by atoms with E-state index >= 15 is 0 Å². The van der Waals surface area contributed by atoms with Gasteiger partial charge in [0, 0.05) is 23.0 Å². The van der Waals surface area contributed by atoms with Gasteiger partial charge < -0.3 is 10.6 Å². The number of hydrogen-bond acceptors (Lipinski definition) is 5. The molecule has 96 valence electrons. The maximum atomic E-state index is 4.29. The third-order valence-corrected chi connectivity index (χ3v) is 3.93. The number of aromatic nitrogens is 2. The fourth-order valence-electron chi connectivity index (χ4n) is 2.01. The van der Waals surface area contributed by atoms with Gasteiger partial charge in [-0.3, -0.25) is 0 Å². The molecule has 2 N–H and O–H groups in total. The van der Waals surface area contributed by atoms with Gasteiger partial charge in [0.15, 0.2) is 0 Å². The van der Waals surface area contributed by atoms with Crippen molar-refractivity contribution in [2.24, 2.45) is 0 Å². The monoisotopic (exact) mass is 270 g/mol. The zero-order chi connectivity index (χ0) is 13.2. The summed E-state index contributed by atoms with van der Waals surface area (Å²) < 4.78 is 1.29. The molecule has 3 rings (SSSR count). The van der Waals surface area contributed by atoms with E-state index in [-0.39, 0.29) is 0 Å². The van der Waals surface area contributed by atoms with E-state index in [2.05, 4.69) is 50.2 Å². The van der Waals surface area contributed by atoms with Crippen molar-refractivity contribution in [1.29, 1.82) is 0 Å². The van der Waals surface area contributed by atoms with Gasteiger partial charge in [-0.05, 0) is 42.0 Å². The molecular formula is C14H14N4S. The maximum absolute atomic E-state index is 4.29. The summed E-state index contributed by atoms with van der Waals surface area (Å²) in [5.74, 6) is 1.67. The van der Waals surface area contributed by atoms with Crippen LogP contribution < -0.4 is 10.6 Å². The fraction of sp³-hybridized carbons (Fsp3) is 0.143. The minimum atomic E-state index is 0.828. The number of benzene rings is 1. The Kier molecular flexibility index (Phi) is 3.05. The molecule has 0 radical (unpaired) electrons. The Balaban J connectivity index is 1.96. The smallest absolute Gasteiger partial charge is 0.138 e. The zero-order valence-corrected chi connectivity index (χ0v) is 11.6. The van der Waals surface area contributed by atoms with Crippen molar-refractivity contribution in [3.8, 4) is 0 Å². The summed E-state index contributed by atoms with van der Waals surface area (Å²) in [4.78, 5) is 8.47. The average Bonchev–Trinajstić information content (AvgIpc) is 2.88. The first-order valence-corrected chi connectivity index (χ1v) is 6.89. The van der Waals surface area contributed by atoms with Crippen LogP contribution in [0.25, 0.3) is 10.1 Å². The van der Waals surface area contributed by atoms with E-state index in [0.717, 1.165) is 22.9 Å². The Labute approximate surface area is 115 Å². The number of anilines is 3. The number of fused-ring (bicyclic) bond motifs is 1. The fourth-order valence-corrected chi connectivity index (χ4v) is 2.78. The Morgan fingerprint density at radius 3 is 2.79 bits per heavy atom. The van der Waals surface area contributed by atoms with Crippen LogP contribution in [0.2, 0.25) is 0 Å². The molecule has 5 heteroatoms. The van der Waals surface area contributed by atoms with Crippen LogP contribution in [0.4, 0.5) is 17.3 Å². The largest absolute Gasteiger partial charge is 0.373 e. The van der Waals surface area contributed by atoms with Crippen LogP contribution in [0, 0.1) is 6.92 Å². The molecule has 2 heterocycles. The third-order valence-electron chi connectivity index (χ3n) is 3.04. The van der Waals surface area contributed by atoms with Gasteiger partial charge in [0.25, 0.3) is 0 Å². The number of nitrogens with one attached hydrogen (secondary N) is 2. The van der Waals surface area contributed by atoms with Crippen LogP contribution in [0.15, 0.2) is 36.0 Å². The lowest BCUT2D eigenvalue weighted by Gasteiger charge is -2.11. The number of nitrogens with zero attached hydrogens (tertiary/aromatic N) is 2. The van der Waals surface area contributed by atoms with Crippen molar-refractivity contribution < 1.29 is 0 Å². The Morgan fingerprint density at radius 1 is 1.11 bits per heavy atom. The summed E-state index contributed by atoms with van der Waals surface area (Å²) in [5.41, 5.74) is 2.05. The molecule has 0 aliphatic carbocycles. The summed E-state index contributed by atoms with van der Waals surface area (Å²) in [6.07, 6.45) is 1.56. The van der Waals surface area contributed by atoms with Gasteiger partial charge in [-0.15, -0.1) is 11.3 Å². The minimum Gasteiger partial charge on any atom is -0.373 e. The van der Waals surface area contributed by atoms with Gasteiger partial charge in [-0.2, -0.15) is 0 Å². The molecule has 0 amide bonds. The Hall–Kier alpha value is -2.14. The first-order chi connectivity index (χ1) is 9.28. The summed E-state index contributed by atoms with van der Waals surface area (Å²) >= 11 is 1.75. The minimum absolute atomic E-state index is 0.828. The second-order valence-electron chi connectivity index (χ2n) is 4.24. The Bertz CT molecular complexity index is 720. The quantitative estimate of drug-likeness (QED) is 0.760. The molecule has 0 fully saturated rings. The maximum Gasteiger partial charge on any atom is 0.138 e. The molecule has 3 aromatic rings. The summed E-state index contributed by atoms with van der Waals surface area (Å²) in [6.45, 7) is 2.00. The van der Waals surface area contributed by atoms with Gasteiger partial charge in [0.05, 0.1) is 0 Å². The first kappa shape index (κ1) is 11.9. The highest BCUT2D eigenvalue weighted by Crippen LogP contribution is 2.27. The van der Waals surface area contributed by atoms with Crippen LogP contribution in [0.5, 0.6) is 0 Å². The standard InChI is InChI=1S/C14H14N4S/c1-9-13(15-2)16-8-17-14(9)18-11-3-4-12-10(7-11)5-6-19-12/h3-8H,1-2H3,(H2,15,16,17,18). The van der Waals surface area contributed by atoms with Gasteiger partial charge >= 0.3 is 0 Å². The summed E-state index contributed by atoms with van der Waals surface area (Å²) in [7, 11) is 1.86. The van der Waals surface area contributed by atoms with E-state index in [1.165, 1.54) is 10.1 Å². The normalized spacial score (nSPS) is 10.6. The molecule has 0 saturated carbocycles. The Morgan fingerprint density at radius 2 is 1.95 bits per heavy atom. The molecule has 0 atom stereocenters. The van der Waals surface area contributed by atoms with E-state index in [1.54, 1.807) is 17.7 Å². The predicted molar refractivity (Wildman–Crippen MR) is 81.4 cm³/mol. The topological polar surface area (TPSA) is 49.8 Å². The highest BCUT2D eigenvalue weighted by molar-refractivity contribution is 7.17. The lowest BCUT2D eigenvalue weighted by molar-refractivity contribution is 1.12. The zero-order valence-electron chi connectivity index (χ0n) is 10.8. The van der Waals surface area contributed by atoms with Crippen molar-refractivity contribution in [2.75, 3.05) is 17.7 Å². The van der Waals surface area contributed by atoms with E-state index in [0.29, 0.717) is 0 Å². The highest BCUT2D eigenvalue weighted by Gasteiger charge is 2.06. The van der Waals surface area contributed by atoms with Crippen molar-refractivity contribution in [3.05, 3.63) is 41.5 Å². The van der Waals surface area contributed by atoms with Crippen molar-refractivity contribution >= 4 is 38.7 Å². The number of hydrogen-bond donors (Lipinski definition) is 2. The second kappa shape index (κ2) is 4.85. The molecule has 4 nitrogen and oxygen atoms in total. The van der Waals surface area contributed by atoms with Crippen LogP contribution >= 0.6 is 11.3 Å². The molecular weight excluding hydrogens is 256 g/mol. The first-order valence-electron chi connectivity index (χ1n) is 6.01. The van der Waals surface area contributed by atoms with Crippen LogP contribution in [0.3, 0.4) is 0 Å². The van der Waals surface area contributed by atoms with Gasteiger partial charge in [-0.1, -0.05) is 0 Å². The average molecular weight is 270 g/mol. The molecule has 19 heavy (non-hydrogen) atoms. The van der Waals surface area contributed by atoms with Gasteiger partial charge in [0.2, 0.25) is 0 Å². The van der Waals surface area contributed by atoms with Crippen LogP contribution in [-0.4, -0.2) is 17.0 Å². The highest BCUT2D eigenvalue weighted by atomic mass is 32.1. The second-order valence-corrected chi connectivity index (χ2v) is 5.19. The lowest BCUT2D eigenvalue weighted by atomic mass is 10.2. The van der Waals surface area contributed by atoms with E-state index < -0.39 is 0 Å². The SMILES string of the molecule is CNc1ncnc(Nc2ccc3sccc3c2)c1C. The summed E-state index contributed by atoms with van der Waals surface area (Å²) in [5, 5.41) is 9.75. The molecule has 1 aromatic carbocycles. The number of rotatable bonds is 3. The van der Waals surface area contributed by atoms with Crippen molar-refractivity contribution in [2.45, 2.75) is 6.92 Å².